The number of benzene rings is 1. The van der Waals surface area contributed by atoms with Crippen molar-refractivity contribution in [3.63, 3.8) is 0 Å². The summed E-state index contributed by atoms with van der Waals surface area (Å²) in [4.78, 5) is 14.1. The second-order valence-corrected chi connectivity index (χ2v) is 6.12. The minimum Gasteiger partial charge on any atom is -0.383 e. The number of carbonyl (C=O) groups is 1. The minimum absolute atomic E-state index is 0.288. The molecule has 0 saturated carbocycles. The van der Waals surface area contributed by atoms with E-state index in [0.717, 1.165) is 50.5 Å². The smallest absolute Gasteiger partial charge is 0.222 e. The quantitative estimate of drug-likeness (QED) is 0.710. The highest BCUT2D eigenvalue weighted by Crippen LogP contribution is 2.21. The molecule has 22 heavy (non-hydrogen) atoms. The van der Waals surface area contributed by atoms with Crippen LogP contribution in [0, 0.1) is 0 Å². The molecule has 0 unspecified atom stereocenters. The van der Waals surface area contributed by atoms with Gasteiger partial charge in [0.1, 0.15) is 0 Å². The molecule has 1 aromatic carbocycles. The predicted octanol–water partition coefficient (Wildman–Crippen LogP) is 2.50. The Labute approximate surface area is 137 Å². The van der Waals surface area contributed by atoms with Crippen molar-refractivity contribution < 1.29 is 9.53 Å². The van der Waals surface area contributed by atoms with Gasteiger partial charge in [0.2, 0.25) is 5.91 Å². The van der Waals surface area contributed by atoms with Gasteiger partial charge in [0.25, 0.3) is 0 Å². The summed E-state index contributed by atoms with van der Waals surface area (Å²) >= 11 is 5.90. The van der Waals surface area contributed by atoms with Gasteiger partial charge in [-0.25, -0.2) is 0 Å². The van der Waals surface area contributed by atoms with Gasteiger partial charge in [-0.15, -0.1) is 0 Å². The Bertz CT molecular complexity index is 464. The van der Waals surface area contributed by atoms with Crippen molar-refractivity contribution in [2.24, 2.45) is 0 Å². The molecule has 0 radical (unpaired) electrons. The molecule has 1 atom stereocenters. The first-order chi connectivity index (χ1) is 10.7. The molecular weight excluding hydrogens is 300 g/mol. The van der Waals surface area contributed by atoms with Crippen LogP contribution in [-0.2, 0) is 16.0 Å². The fourth-order valence-corrected chi connectivity index (χ4v) is 3.00. The third kappa shape index (κ3) is 5.27. The van der Waals surface area contributed by atoms with Crippen LogP contribution in [0.4, 0.5) is 0 Å². The van der Waals surface area contributed by atoms with Crippen LogP contribution < -0.4 is 5.32 Å². The van der Waals surface area contributed by atoms with E-state index in [-0.39, 0.29) is 5.91 Å². The summed E-state index contributed by atoms with van der Waals surface area (Å²) in [6.07, 6.45) is 3.56. The van der Waals surface area contributed by atoms with Gasteiger partial charge < -0.3 is 15.0 Å². The highest BCUT2D eigenvalue weighted by molar-refractivity contribution is 6.30. The van der Waals surface area contributed by atoms with E-state index in [1.165, 1.54) is 5.56 Å². The molecule has 0 aromatic heterocycles. The maximum absolute atomic E-state index is 12.1. The Kier molecular flexibility index (Phi) is 7.16. The molecule has 4 nitrogen and oxygen atoms in total. The number of halogens is 1. The van der Waals surface area contributed by atoms with Crippen LogP contribution in [0.1, 0.15) is 24.8 Å². The van der Waals surface area contributed by atoms with E-state index in [0.29, 0.717) is 12.5 Å². The van der Waals surface area contributed by atoms with Crippen LogP contribution in [0.15, 0.2) is 24.3 Å². The van der Waals surface area contributed by atoms with E-state index in [4.69, 9.17) is 16.3 Å². The lowest BCUT2D eigenvalue weighted by Crippen LogP contribution is -2.37. The Morgan fingerprint density at radius 2 is 2.09 bits per heavy atom. The number of carbonyl (C=O) groups excluding carboxylic acids is 1. The van der Waals surface area contributed by atoms with Gasteiger partial charge in [0.15, 0.2) is 0 Å². The fourth-order valence-electron chi connectivity index (χ4n) is 2.87. The van der Waals surface area contributed by atoms with Crippen molar-refractivity contribution >= 4 is 17.5 Å². The minimum atomic E-state index is 0.288. The van der Waals surface area contributed by atoms with Crippen molar-refractivity contribution in [2.45, 2.75) is 31.7 Å². The van der Waals surface area contributed by atoms with E-state index in [2.05, 4.69) is 5.32 Å². The molecule has 1 N–H and O–H groups in total. The summed E-state index contributed by atoms with van der Waals surface area (Å²) in [6.45, 7) is 3.31. The van der Waals surface area contributed by atoms with Crippen molar-refractivity contribution in [3.05, 3.63) is 34.9 Å². The summed E-state index contributed by atoms with van der Waals surface area (Å²) in [6, 6.07) is 8.24. The Morgan fingerprint density at radius 1 is 1.32 bits per heavy atom. The van der Waals surface area contributed by atoms with Gasteiger partial charge in [-0.05, 0) is 43.5 Å². The first kappa shape index (κ1) is 17.3. The highest BCUT2D eigenvalue weighted by Gasteiger charge is 2.29. The first-order valence-corrected chi connectivity index (χ1v) is 8.32. The molecule has 2 rings (SSSR count). The lowest BCUT2D eigenvalue weighted by atomic mass is 10.1. The van der Waals surface area contributed by atoms with Gasteiger partial charge in [-0.1, -0.05) is 23.7 Å². The van der Waals surface area contributed by atoms with Crippen molar-refractivity contribution in [3.8, 4) is 0 Å². The zero-order chi connectivity index (χ0) is 15.8. The van der Waals surface area contributed by atoms with Crippen LogP contribution >= 0.6 is 11.6 Å². The second-order valence-electron chi connectivity index (χ2n) is 5.69. The first-order valence-electron chi connectivity index (χ1n) is 7.94. The number of nitrogens with zero attached hydrogens (tertiary/aromatic N) is 1. The number of methoxy groups -OCH3 is 1. The highest BCUT2D eigenvalue weighted by atomic mass is 35.5. The van der Waals surface area contributed by atoms with E-state index >= 15 is 0 Å². The van der Waals surface area contributed by atoms with E-state index in [9.17, 15) is 4.79 Å². The standard InChI is InChI=1S/C17H25ClN2O2/c1-22-13-11-19-10-8-16-6-7-17(21)20(16)12-9-14-2-4-15(18)5-3-14/h2-5,16,19H,6-13H2,1H3/t16-/m1/s1. The molecule has 0 aliphatic carbocycles. The maximum atomic E-state index is 12.1. The molecule has 1 saturated heterocycles. The molecule has 0 bridgehead atoms. The van der Waals surface area contributed by atoms with Gasteiger partial charge in [0.05, 0.1) is 6.61 Å². The molecule has 1 heterocycles. The lowest BCUT2D eigenvalue weighted by Gasteiger charge is -2.25. The Morgan fingerprint density at radius 3 is 2.82 bits per heavy atom. The number of likely N-dealkylation sites (tertiary alicyclic amines) is 1. The fraction of sp³-hybridized carbons (Fsp3) is 0.588. The Hall–Kier alpha value is -1.10. The van der Waals surface area contributed by atoms with E-state index in [1.807, 2.05) is 29.2 Å². The predicted molar refractivity (Wildman–Crippen MR) is 89.3 cm³/mol. The number of hydrogen-bond donors (Lipinski definition) is 1. The maximum Gasteiger partial charge on any atom is 0.222 e. The van der Waals surface area contributed by atoms with E-state index < -0.39 is 0 Å². The molecule has 1 aliphatic heterocycles. The van der Waals surface area contributed by atoms with Gasteiger partial charge in [-0.2, -0.15) is 0 Å². The number of ether oxygens (including phenoxy) is 1. The number of rotatable bonds is 9. The molecule has 1 fully saturated rings. The summed E-state index contributed by atoms with van der Waals surface area (Å²) in [5.74, 6) is 0.288. The third-order valence-electron chi connectivity index (χ3n) is 4.14. The van der Waals surface area contributed by atoms with Crippen LogP contribution in [0.25, 0.3) is 0 Å². The normalized spacial score (nSPS) is 18.2. The van der Waals surface area contributed by atoms with Crippen molar-refractivity contribution in [2.75, 3.05) is 33.4 Å². The number of amides is 1. The molecule has 1 aliphatic rings. The van der Waals surface area contributed by atoms with Crippen LogP contribution in [0.2, 0.25) is 5.02 Å². The lowest BCUT2D eigenvalue weighted by molar-refractivity contribution is -0.129. The zero-order valence-corrected chi connectivity index (χ0v) is 13.9. The van der Waals surface area contributed by atoms with Crippen LogP contribution in [0.3, 0.4) is 0 Å². The van der Waals surface area contributed by atoms with Crippen molar-refractivity contribution in [1.82, 2.24) is 10.2 Å². The van der Waals surface area contributed by atoms with Gasteiger partial charge in [0, 0.05) is 37.7 Å². The topological polar surface area (TPSA) is 41.6 Å². The van der Waals surface area contributed by atoms with Crippen LogP contribution in [-0.4, -0.2) is 50.2 Å². The molecule has 0 spiro atoms. The van der Waals surface area contributed by atoms with E-state index in [1.54, 1.807) is 7.11 Å². The van der Waals surface area contributed by atoms with Gasteiger partial charge >= 0.3 is 0 Å². The zero-order valence-electron chi connectivity index (χ0n) is 13.2. The average Bonchev–Trinajstić information content (AvgIpc) is 2.87. The summed E-state index contributed by atoms with van der Waals surface area (Å²) in [7, 11) is 1.70. The molecule has 1 aromatic rings. The summed E-state index contributed by atoms with van der Waals surface area (Å²) < 4.78 is 5.01. The third-order valence-corrected chi connectivity index (χ3v) is 4.40. The molecule has 122 valence electrons. The number of hydrogen-bond acceptors (Lipinski definition) is 3. The number of nitrogens with one attached hydrogen (secondary N) is 1. The van der Waals surface area contributed by atoms with Crippen LogP contribution in [0.5, 0.6) is 0 Å². The summed E-state index contributed by atoms with van der Waals surface area (Å²) in [5.41, 5.74) is 1.22. The monoisotopic (exact) mass is 324 g/mol. The largest absolute Gasteiger partial charge is 0.383 e. The molecular formula is C17H25ClN2O2. The van der Waals surface area contributed by atoms with Crippen molar-refractivity contribution in [1.29, 1.82) is 0 Å². The second kappa shape index (κ2) is 9.13. The SMILES string of the molecule is COCCNCC[C@H]1CCC(=O)N1CCc1ccc(Cl)cc1. The van der Waals surface area contributed by atoms with Gasteiger partial charge in [-0.3, -0.25) is 4.79 Å². The molecule has 1 amide bonds. The summed E-state index contributed by atoms with van der Waals surface area (Å²) in [5, 5.41) is 4.10. The molecule has 5 heteroatoms. The average molecular weight is 325 g/mol. The Balaban J connectivity index is 1.76.